The fourth-order valence-corrected chi connectivity index (χ4v) is 3.68. The van der Waals surface area contributed by atoms with E-state index < -0.39 is 10.0 Å². The molecule has 3 aromatic rings. The first-order chi connectivity index (χ1) is 13.8. The maximum Gasteiger partial charge on any atom is 0.276 e. The summed E-state index contributed by atoms with van der Waals surface area (Å²) in [5.74, 6) is 0.598. The molecule has 0 fully saturated rings. The molecule has 0 heterocycles. The topological polar surface area (TPSA) is 67.8 Å². The Balaban J connectivity index is 1.64. The number of aryl methyl sites for hydroxylation is 1. The van der Waals surface area contributed by atoms with Gasteiger partial charge in [-0.15, -0.1) is 0 Å². The van der Waals surface area contributed by atoms with Gasteiger partial charge in [-0.05, 0) is 48.9 Å². The van der Waals surface area contributed by atoms with Crippen LogP contribution < -0.4 is 9.57 Å². The monoisotopic (exact) mass is 448 g/mol. The molecule has 0 amide bonds. The molecule has 0 bridgehead atoms. The van der Waals surface area contributed by atoms with Gasteiger partial charge in [-0.2, -0.15) is 13.5 Å². The molecule has 0 aliphatic rings. The Kier molecular flexibility index (Phi) is 6.79. The number of hydrogen-bond acceptors (Lipinski definition) is 4. The molecule has 0 atom stereocenters. The highest BCUT2D eigenvalue weighted by Crippen LogP contribution is 2.23. The van der Waals surface area contributed by atoms with E-state index in [-0.39, 0.29) is 11.5 Å². The van der Waals surface area contributed by atoms with Gasteiger partial charge < -0.3 is 4.74 Å². The third-order valence-electron chi connectivity index (χ3n) is 3.99. The molecule has 3 aromatic carbocycles. The molecule has 0 aliphatic heterocycles. The van der Waals surface area contributed by atoms with E-state index in [0.29, 0.717) is 21.4 Å². The summed E-state index contributed by atoms with van der Waals surface area (Å²) in [5, 5.41) is 4.93. The Hall–Kier alpha value is -2.54. The Labute approximate surface area is 180 Å². The van der Waals surface area contributed by atoms with Crippen LogP contribution in [0.2, 0.25) is 10.0 Å². The lowest BCUT2D eigenvalue weighted by Crippen LogP contribution is -2.18. The molecule has 29 heavy (non-hydrogen) atoms. The predicted octanol–water partition coefficient (Wildman–Crippen LogP) is 5.19. The Morgan fingerprint density at radius 2 is 1.79 bits per heavy atom. The van der Waals surface area contributed by atoms with Crippen LogP contribution in [0.5, 0.6) is 5.75 Å². The second-order valence-corrected chi connectivity index (χ2v) is 8.77. The van der Waals surface area contributed by atoms with Gasteiger partial charge in [0, 0.05) is 15.6 Å². The fourth-order valence-electron chi connectivity index (χ4n) is 2.42. The highest BCUT2D eigenvalue weighted by Gasteiger charge is 2.11. The van der Waals surface area contributed by atoms with Gasteiger partial charge in [0.25, 0.3) is 10.0 Å². The van der Waals surface area contributed by atoms with Crippen LogP contribution >= 0.6 is 23.2 Å². The van der Waals surface area contributed by atoms with Crippen LogP contribution in [-0.2, 0) is 16.6 Å². The summed E-state index contributed by atoms with van der Waals surface area (Å²) in [5.41, 5.74) is 2.46. The lowest BCUT2D eigenvalue weighted by atomic mass is 10.2. The van der Waals surface area contributed by atoms with Crippen molar-refractivity contribution in [2.24, 2.45) is 5.10 Å². The minimum Gasteiger partial charge on any atom is -0.489 e. The van der Waals surface area contributed by atoms with Gasteiger partial charge in [0.15, 0.2) is 0 Å². The smallest absolute Gasteiger partial charge is 0.276 e. The van der Waals surface area contributed by atoms with Crippen LogP contribution in [0.1, 0.15) is 16.7 Å². The first kappa shape index (κ1) is 21.2. The van der Waals surface area contributed by atoms with Crippen LogP contribution in [-0.4, -0.2) is 14.6 Å². The number of halogens is 2. The molecule has 0 unspecified atom stereocenters. The number of benzene rings is 3. The zero-order valence-electron chi connectivity index (χ0n) is 15.5. The summed E-state index contributed by atoms with van der Waals surface area (Å²) in [4.78, 5) is 2.35. The minimum atomic E-state index is -3.72. The first-order valence-electron chi connectivity index (χ1n) is 8.62. The van der Waals surface area contributed by atoms with E-state index >= 15 is 0 Å². The molecular weight excluding hydrogens is 431 g/mol. The van der Waals surface area contributed by atoms with E-state index in [9.17, 15) is 8.42 Å². The van der Waals surface area contributed by atoms with Gasteiger partial charge in [-0.1, -0.05) is 59.1 Å². The van der Waals surface area contributed by atoms with Crippen molar-refractivity contribution in [1.82, 2.24) is 4.83 Å². The maximum atomic E-state index is 12.2. The summed E-state index contributed by atoms with van der Waals surface area (Å²) >= 11 is 12.0. The Morgan fingerprint density at radius 3 is 2.52 bits per heavy atom. The van der Waals surface area contributed by atoms with Gasteiger partial charge in [0.2, 0.25) is 0 Å². The van der Waals surface area contributed by atoms with Crippen LogP contribution in [0.15, 0.2) is 76.7 Å². The van der Waals surface area contributed by atoms with E-state index in [0.717, 1.165) is 11.1 Å². The summed E-state index contributed by atoms with van der Waals surface area (Å²) in [6.07, 6.45) is 1.41. The normalized spacial score (nSPS) is 11.6. The molecule has 5 nitrogen and oxygen atoms in total. The largest absolute Gasteiger partial charge is 0.489 e. The van der Waals surface area contributed by atoms with Crippen LogP contribution in [0.3, 0.4) is 0 Å². The molecule has 8 heteroatoms. The molecule has 0 spiro atoms. The van der Waals surface area contributed by atoms with Crippen molar-refractivity contribution in [3.8, 4) is 5.75 Å². The number of sulfonamides is 1. The third-order valence-corrected chi connectivity index (χ3v) is 5.81. The van der Waals surface area contributed by atoms with E-state index in [2.05, 4.69) is 9.93 Å². The van der Waals surface area contributed by atoms with Gasteiger partial charge in [-0.25, -0.2) is 4.83 Å². The van der Waals surface area contributed by atoms with Crippen LogP contribution in [0.25, 0.3) is 0 Å². The molecule has 150 valence electrons. The third kappa shape index (κ3) is 5.97. The molecule has 0 aliphatic carbocycles. The number of rotatable bonds is 7. The first-order valence-corrected chi connectivity index (χ1v) is 10.9. The second-order valence-electron chi connectivity index (χ2n) is 6.26. The van der Waals surface area contributed by atoms with Gasteiger partial charge >= 0.3 is 0 Å². The van der Waals surface area contributed by atoms with Crippen molar-refractivity contribution in [3.63, 3.8) is 0 Å². The quantitative estimate of drug-likeness (QED) is 0.399. The number of hydrogen-bond donors (Lipinski definition) is 1. The Bertz CT molecular complexity index is 1130. The predicted molar refractivity (Wildman–Crippen MR) is 116 cm³/mol. The number of nitrogens with zero attached hydrogens (tertiary/aromatic N) is 1. The molecule has 0 radical (unpaired) electrons. The van der Waals surface area contributed by atoms with Crippen molar-refractivity contribution in [1.29, 1.82) is 0 Å². The van der Waals surface area contributed by atoms with Crippen molar-refractivity contribution >= 4 is 39.4 Å². The SMILES string of the molecule is Cc1ccc(S(=O)(=O)N/N=C\c2cccc(OCc3ccc(Cl)cc3Cl)c2)cc1. The summed E-state index contributed by atoms with van der Waals surface area (Å²) in [6.45, 7) is 2.16. The van der Waals surface area contributed by atoms with E-state index in [1.54, 1.807) is 54.6 Å². The van der Waals surface area contributed by atoms with Gasteiger partial charge in [0.1, 0.15) is 12.4 Å². The van der Waals surface area contributed by atoms with Crippen LogP contribution in [0.4, 0.5) is 0 Å². The Morgan fingerprint density at radius 1 is 1.03 bits per heavy atom. The second kappa shape index (κ2) is 9.31. The van der Waals surface area contributed by atoms with E-state index in [1.807, 2.05) is 6.92 Å². The highest BCUT2D eigenvalue weighted by atomic mass is 35.5. The zero-order chi connectivity index (χ0) is 20.9. The van der Waals surface area contributed by atoms with Crippen molar-refractivity contribution < 1.29 is 13.2 Å². The van der Waals surface area contributed by atoms with Crippen LogP contribution in [0, 0.1) is 6.92 Å². The zero-order valence-corrected chi connectivity index (χ0v) is 17.8. The lowest BCUT2D eigenvalue weighted by molar-refractivity contribution is 0.306. The maximum absolute atomic E-state index is 12.2. The summed E-state index contributed by atoms with van der Waals surface area (Å²) in [7, 11) is -3.72. The minimum absolute atomic E-state index is 0.150. The van der Waals surface area contributed by atoms with E-state index in [4.69, 9.17) is 27.9 Å². The van der Waals surface area contributed by atoms with Crippen molar-refractivity contribution in [2.75, 3.05) is 0 Å². The standard InChI is InChI=1S/C21H18Cl2N2O3S/c1-15-5-9-20(10-6-15)29(26,27)25-24-13-16-3-2-4-19(11-16)28-14-17-7-8-18(22)12-21(17)23/h2-13,25H,14H2,1H3/b24-13-. The summed E-state index contributed by atoms with van der Waals surface area (Å²) < 4.78 is 30.2. The van der Waals surface area contributed by atoms with Gasteiger partial charge in [-0.3, -0.25) is 0 Å². The lowest BCUT2D eigenvalue weighted by Gasteiger charge is -2.08. The van der Waals surface area contributed by atoms with Gasteiger partial charge in [0.05, 0.1) is 11.1 Å². The molecule has 3 rings (SSSR count). The highest BCUT2D eigenvalue weighted by molar-refractivity contribution is 7.89. The fraction of sp³-hybridized carbons (Fsp3) is 0.0952. The molecule has 0 saturated carbocycles. The number of hydrazone groups is 1. The molecule has 1 N–H and O–H groups in total. The average Bonchev–Trinajstić information content (AvgIpc) is 2.68. The molecule has 0 aromatic heterocycles. The number of nitrogens with one attached hydrogen (secondary N) is 1. The van der Waals surface area contributed by atoms with Crippen molar-refractivity contribution in [2.45, 2.75) is 18.4 Å². The van der Waals surface area contributed by atoms with E-state index in [1.165, 1.54) is 18.3 Å². The average molecular weight is 449 g/mol. The molecular formula is C21H18Cl2N2O3S. The van der Waals surface area contributed by atoms with Crippen molar-refractivity contribution in [3.05, 3.63) is 93.5 Å². The summed E-state index contributed by atoms with van der Waals surface area (Å²) in [6, 6.07) is 18.8. The molecule has 0 saturated heterocycles. The number of ether oxygens (including phenoxy) is 1.